The highest BCUT2D eigenvalue weighted by molar-refractivity contribution is 5.25. The van der Waals surface area contributed by atoms with Gasteiger partial charge in [-0.2, -0.15) is 0 Å². The second-order valence-electron chi connectivity index (χ2n) is 7.29. The Balaban J connectivity index is 2.79. The van der Waals surface area contributed by atoms with E-state index in [1.807, 2.05) is 0 Å². The van der Waals surface area contributed by atoms with Crippen molar-refractivity contribution in [3.63, 3.8) is 0 Å². The minimum absolute atomic E-state index is 0.375. The normalized spacial score (nSPS) is 12.9. The first-order valence-electron chi connectivity index (χ1n) is 6.24. The van der Waals surface area contributed by atoms with Gasteiger partial charge in [0.25, 0.3) is 0 Å². The maximum Gasteiger partial charge on any atom is -0.0230 e. The summed E-state index contributed by atoms with van der Waals surface area (Å²) in [6.07, 6.45) is 2.32. The molecular formula is C16H26. The Kier molecular flexibility index (Phi) is 3.83. The van der Waals surface area contributed by atoms with Crippen LogP contribution in [0, 0.1) is 10.8 Å². The zero-order valence-corrected chi connectivity index (χ0v) is 11.7. The summed E-state index contributed by atoms with van der Waals surface area (Å²) >= 11 is 0. The van der Waals surface area contributed by atoms with E-state index in [1.54, 1.807) is 0 Å². The second-order valence-corrected chi connectivity index (χ2v) is 7.29. The van der Waals surface area contributed by atoms with E-state index in [2.05, 4.69) is 65.8 Å². The van der Waals surface area contributed by atoms with Crippen molar-refractivity contribution in [2.45, 2.75) is 54.4 Å². The molecule has 0 heteroatoms. The molecular weight excluding hydrogens is 192 g/mol. The van der Waals surface area contributed by atoms with Crippen molar-refractivity contribution in [3.05, 3.63) is 35.4 Å². The molecule has 0 saturated carbocycles. The van der Waals surface area contributed by atoms with E-state index >= 15 is 0 Å². The van der Waals surface area contributed by atoms with Crippen LogP contribution in [0.5, 0.6) is 0 Å². The Morgan fingerprint density at radius 2 is 1.12 bits per heavy atom. The summed E-state index contributed by atoms with van der Waals surface area (Å²) in [6, 6.07) is 9.06. The van der Waals surface area contributed by atoms with E-state index in [0.29, 0.717) is 10.8 Å². The van der Waals surface area contributed by atoms with Crippen LogP contribution in [0.1, 0.15) is 52.7 Å². The molecule has 0 aromatic heterocycles. The highest BCUT2D eigenvalue weighted by Crippen LogP contribution is 2.24. The second kappa shape index (κ2) is 4.61. The molecule has 0 aliphatic rings. The van der Waals surface area contributed by atoms with Crippen LogP contribution >= 0.6 is 0 Å². The van der Waals surface area contributed by atoms with Gasteiger partial charge in [-0.25, -0.2) is 0 Å². The predicted molar refractivity (Wildman–Crippen MR) is 72.8 cm³/mol. The van der Waals surface area contributed by atoms with E-state index in [1.165, 1.54) is 11.1 Å². The van der Waals surface area contributed by atoms with Crippen LogP contribution in [0.2, 0.25) is 0 Å². The van der Waals surface area contributed by atoms with Crippen molar-refractivity contribution in [1.82, 2.24) is 0 Å². The summed E-state index contributed by atoms with van der Waals surface area (Å²) in [5.74, 6) is 0. The highest BCUT2D eigenvalue weighted by atomic mass is 14.2. The zero-order chi connectivity index (χ0) is 12.4. The third-order valence-corrected chi connectivity index (χ3v) is 2.46. The fourth-order valence-corrected chi connectivity index (χ4v) is 2.07. The van der Waals surface area contributed by atoms with Gasteiger partial charge in [0.05, 0.1) is 0 Å². The van der Waals surface area contributed by atoms with Crippen molar-refractivity contribution in [1.29, 1.82) is 0 Å². The molecule has 0 amide bonds. The van der Waals surface area contributed by atoms with Gasteiger partial charge in [-0.05, 0) is 34.8 Å². The van der Waals surface area contributed by atoms with Crippen LogP contribution in [-0.2, 0) is 12.8 Å². The molecule has 0 N–H and O–H groups in total. The van der Waals surface area contributed by atoms with Crippen molar-refractivity contribution < 1.29 is 0 Å². The van der Waals surface area contributed by atoms with E-state index in [9.17, 15) is 0 Å². The average molecular weight is 218 g/mol. The lowest BCUT2D eigenvalue weighted by atomic mass is 9.85. The largest absolute Gasteiger partial charge is 0.0617 e. The smallest absolute Gasteiger partial charge is 0.0230 e. The Hall–Kier alpha value is -0.780. The highest BCUT2D eigenvalue weighted by Gasteiger charge is 2.14. The monoisotopic (exact) mass is 218 g/mol. The van der Waals surface area contributed by atoms with Gasteiger partial charge in [0, 0.05) is 0 Å². The number of rotatable bonds is 2. The summed E-state index contributed by atoms with van der Waals surface area (Å²) in [6.45, 7) is 13.8. The molecule has 0 saturated heterocycles. The lowest BCUT2D eigenvalue weighted by Crippen LogP contribution is -2.11. The summed E-state index contributed by atoms with van der Waals surface area (Å²) in [7, 11) is 0. The first-order valence-corrected chi connectivity index (χ1v) is 6.24. The van der Waals surface area contributed by atoms with Crippen LogP contribution in [-0.4, -0.2) is 0 Å². The van der Waals surface area contributed by atoms with Gasteiger partial charge in [0.15, 0.2) is 0 Å². The van der Waals surface area contributed by atoms with Crippen molar-refractivity contribution in [3.8, 4) is 0 Å². The molecule has 0 spiro atoms. The topological polar surface area (TPSA) is 0 Å². The third-order valence-electron chi connectivity index (χ3n) is 2.46. The van der Waals surface area contributed by atoms with E-state index in [0.717, 1.165) is 12.8 Å². The van der Waals surface area contributed by atoms with Crippen molar-refractivity contribution >= 4 is 0 Å². The minimum Gasteiger partial charge on any atom is -0.0617 e. The molecule has 90 valence electrons. The van der Waals surface area contributed by atoms with E-state index in [4.69, 9.17) is 0 Å². The molecule has 1 aromatic rings. The number of hydrogen-bond donors (Lipinski definition) is 0. The van der Waals surface area contributed by atoms with Gasteiger partial charge in [0.2, 0.25) is 0 Å². The fourth-order valence-electron chi connectivity index (χ4n) is 2.07. The van der Waals surface area contributed by atoms with Crippen LogP contribution in [0.15, 0.2) is 24.3 Å². The lowest BCUT2D eigenvalue weighted by molar-refractivity contribution is 0.405. The van der Waals surface area contributed by atoms with Crippen LogP contribution in [0.4, 0.5) is 0 Å². The molecule has 0 radical (unpaired) electrons. The number of hydrogen-bond acceptors (Lipinski definition) is 0. The Bertz CT molecular complexity index is 303. The van der Waals surface area contributed by atoms with Crippen LogP contribution < -0.4 is 0 Å². The SMILES string of the molecule is CC(C)(C)Cc1cccc(CC(C)(C)C)c1. The molecule has 0 aliphatic heterocycles. The minimum atomic E-state index is 0.375. The summed E-state index contributed by atoms with van der Waals surface area (Å²) in [4.78, 5) is 0. The number of benzene rings is 1. The van der Waals surface area contributed by atoms with Crippen molar-refractivity contribution in [2.24, 2.45) is 10.8 Å². The summed E-state index contributed by atoms with van der Waals surface area (Å²) < 4.78 is 0. The maximum absolute atomic E-state index is 2.37. The maximum atomic E-state index is 2.37. The molecule has 0 atom stereocenters. The predicted octanol–water partition coefficient (Wildman–Crippen LogP) is 4.86. The molecule has 0 nitrogen and oxygen atoms in total. The van der Waals surface area contributed by atoms with Crippen molar-refractivity contribution in [2.75, 3.05) is 0 Å². The Morgan fingerprint density at radius 1 is 0.750 bits per heavy atom. The molecule has 1 aromatic carbocycles. The van der Waals surface area contributed by atoms with Gasteiger partial charge in [-0.3, -0.25) is 0 Å². The average Bonchev–Trinajstić information content (AvgIpc) is 1.96. The summed E-state index contributed by atoms with van der Waals surface area (Å²) in [5.41, 5.74) is 3.68. The quantitative estimate of drug-likeness (QED) is 0.664. The molecule has 16 heavy (non-hydrogen) atoms. The van der Waals surface area contributed by atoms with Gasteiger partial charge in [-0.1, -0.05) is 65.8 Å². The Morgan fingerprint density at radius 3 is 1.44 bits per heavy atom. The third kappa shape index (κ3) is 5.34. The molecule has 0 heterocycles. The Labute approximate surface area is 101 Å². The summed E-state index contributed by atoms with van der Waals surface area (Å²) in [5, 5.41) is 0. The fraction of sp³-hybridized carbons (Fsp3) is 0.625. The van der Waals surface area contributed by atoms with E-state index < -0.39 is 0 Å². The van der Waals surface area contributed by atoms with Gasteiger partial charge < -0.3 is 0 Å². The van der Waals surface area contributed by atoms with Gasteiger partial charge in [0.1, 0.15) is 0 Å². The van der Waals surface area contributed by atoms with Crippen LogP contribution in [0.25, 0.3) is 0 Å². The first kappa shape index (κ1) is 13.3. The first-order chi connectivity index (χ1) is 7.16. The molecule has 0 unspecified atom stereocenters. The zero-order valence-electron chi connectivity index (χ0n) is 11.7. The molecule has 0 bridgehead atoms. The van der Waals surface area contributed by atoms with Gasteiger partial charge >= 0.3 is 0 Å². The standard InChI is InChI=1S/C16H26/c1-15(2,3)11-13-8-7-9-14(10-13)12-16(4,5)6/h7-10H,11-12H2,1-6H3. The molecule has 1 rings (SSSR count). The van der Waals surface area contributed by atoms with Gasteiger partial charge in [-0.15, -0.1) is 0 Å². The molecule has 0 aliphatic carbocycles. The van der Waals surface area contributed by atoms with Crippen LogP contribution in [0.3, 0.4) is 0 Å². The van der Waals surface area contributed by atoms with E-state index in [-0.39, 0.29) is 0 Å². The lowest BCUT2D eigenvalue weighted by Gasteiger charge is -2.21. The molecule has 0 fully saturated rings.